The Labute approximate surface area is 158 Å². The maximum absolute atomic E-state index is 12.8. The molecule has 0 aliphatic heterocycles. The fourth-order valence-corrected chi connectivity index (χ4v) is 3.18. The van der Waals surface area contributed by atoms with Crippen LogP contribution < -0.4 is 5.32 Å². The van der Waals surface area contributed by atoms with Crippen molar-refractivity contribution in [2.45, 2.75) is 20.0 Å². The summed E-state index contributed by atoms with van der Waals surface area (Å²) in [6, 6.07) is 8.70. The summed E-state index contributed by atoms with van der Waals surface area (Å²) in [7, 11) is 0. The van der Waals surface area contributed by atoms with Crippen molar-refractivity contribution < 1.29 is 19.5 Å². The van der Waals surface area contributed by atoms with E-state index in [1.807, 2.05) is 6.92 Å². The van der Waals surface area contributed by atoms with Gasteiger partial charge < -0.3 is 10.4 Å². The number of amides is 1. The topological polar surface area (TPSA) is 108 Å². The standard InChI is InChI=1S/C17H16ClN3O4S/c1-9-10(2)26-16(13(9)14(23)11-6-4-3-5-7-11)21-20-15(17(24)25)19-12(22)8-18/h3-7,15H,8H2,1-2H3,(H,19,22)(H,24,25). The number of nitrogens with zero attached hydrogens (tertiary/aromatic N) is 2. The van der Waals surface area contributed by atoms with Gasteiger partial charge in [-0.15, -0.1) is 28.1 Å². The Kier molecular flexibility index (Phi) is 6.59. The highest BCUT2D eigenvalue weighted by Gasteiger charge is 2.23. The van der Waals surface area contributed by atoms with Gasteiger partial charge in [0.15, 0.2) is 5.78 Å². The SMILES string of the molecule is Cc1sc(N=NC(NC(=O)CCl)C(=O)O)c(C(=O)c2ccccc2)c1C. The third-order valence-corrected chi connectivity index (χ3v) is 4.88. The molecule has 0 aliphatic rings. The first-order valence-electron chi connectivity index (χ1n) is 7.53. The van der Waals surface area contributed by atoms with Gasteiger partial charge in [-0.05, 0) is 19.4 Å². The minimum Gasteiger partial charge on any atom is -0.478 e. The Morgan fingerprint density at radius 1 is 1.23 bits per heavy atom. The highest BCUT2D eigenvalue weighted by atomic mass is 35.5. The quantitative estimate of drug-likeness (QED) is 0.426. The minimum atomic E-state index is -1.58. The molecule has 1 atom stereocenters. The Bertz CT molecular complexity index is 864. The average molecular weight is 394 g/mol. The predicted octanol–water partition coefficient (Wildman–Crippen LogP) is 3.45. The smallest absolute Gasteiger partial charge is 0.351 e. The summed E-state index contributed by atoms with van der Waals surface area (Å²) in [6.07, 6.45) is -1.58. The van der Waals surface area contributed by atoms with E-state index < -0.39 is 23.9 Å². The summed E-state index contributed by atoms with van der Waals surface area (Å²) < 4.78 is 0. The number of aryl methyl sites for hydroxylation is 1. The normalized spacial score (nSPS) is 12.1. The van der Waals surface area contributed by atoms with Crippen LogP contribution in [0.15, 0.2) is 40.6 Å². The second-order valence-electron chi connectivity index (χ2n) is 5.32. The highest BCUT2D eigenvalue weighted by molar-refractivity contribution is 7.16. The Morgan fingerprint density at radius 3 is 2.46 bits per heavy atom. The van der Waals surface area contributed by atoms with Crippen LogP contribution in [0.4, 0.5) is 5.00 Å². The molecular weight excluding hydrogens is 378 g/mol. The molecule has 0 saturated carbocycles. The molecule has 0 aliphatic carbocycles. The fourth-order valence-electron chi connectivity index (χ4n) is 2.12. The largest absolute Gasteiger partial charge is 0.478 e. The van der Waals surface area contributed by atoms with Crippen molar-refractivity contribution >= 4 is 45.6 Å². The summed E-state index contributed by atoms with van der Waals surface area (Å²) in [6.45, 7) is 3.63. The van der Waals surface area contributed by atoms with Crippen molar-refractivity contribution in [3.8, 4) is 0 Å². The molecule has 1 unspecified atom stereocenters. The van der Waals surface area contributed by atoms with Gasteiger partial charge in [0.05, 0.1) is 5.56 Å². The minimum absolute atomic E-state index is 0.224. The zero-order valence-electron chi connectivity index (χ0n) is 14.0. The predicted molar refractivity (Wildman–Crippen MR) is 98.5 cm³/mol. The van der Waals surface area contributed by atoms with Gasteiger partial charge >= 0.3 is 5.97 Å². The molecule has 1 amide bonds. The number of carboxylic acids is 1. The molecule has 0 radical (unpaired) electrons. The number of hydrogen-bond acceptors (Lipinski definition) is 6. The summed E-state index contributed by atoms with van der Waals surface area (Å²) in [4.78, 5) is 36.2. The van der Waals surface area contributed by atoms with E-state index in [0.717, 1.165) is 10.4 Å². The number of ketones is 1. The summed E-state index contributed by atoms with van der Waals surface area (Å²) in [5, 5.41) is 19.1. The highest BCUT2D eigenvalue weighted by Crippen LogP contribution is 2.36. The third-order valence-electron chi connectivity index (χ3n) is 3.55. The van der Waals surface area contributed by atoms with Crippen LogP contribution in [-0.4, -0.2) is 34.8 Å². The molecule has 136 valence electrons. The van der Waals surface area contributed by atoms with Crippen LogP contribution in [0.3, 0.4) is 0 Å². The number of thiophene rings is 1. The van der Waals surface area contributed by atoms with Crippen LogP contribution in [0.2, 0.25) is 0 Å². The van der Waals surface area contributed by atoms with Crippen LogP contribution >= 0.6 is 22.9 Å². The van der Waals surface area contributed by atoms with Gasteiger partial charge in [-0.3, -0.25) is 9.59 Å². The average Bonchev–Trinajstić information content (AvgIpc) is 2.92. The zero-order chi connectivity index (χ0) is 19.3. The van der Waals surface area contributed by atoms with Crippen molar-refractivity contribution in [1.29, 1.82) is 0 Å². The fraction of sp³-hybridized carbons (Fsp3) is 0.235. The summed E-state index contributed by atoms with van der Waals surface area (Å²) in [5.74, 6) is -2.68. The van der Waals surface area contributed by atoms with Gasteiger partial charge in [0.2, 0.25) is 12.1 Å². The van der Waals surface area contributed by atoms with Gasteiger partial charge in [0.25, 0.3) is 0 Å². The second kappa shape index (κ2) is 8.68. The molecule has 7 nitrogen and oxygen atoms in total. The van der Waals surface area contributed by atoms with Crippen LogP contribution in [0.25, 0.3) is 0 Å². The molecule has 2 N–H and O–H groups in total. The Balaban J connectivity index is 2.38. The van der Waals surface area contributed by atoms with Crippen molar-refractivity contribution in [1.82, 2.24) is 5.32 Å². The van der Waals surface area contributed by atoms with Crippen molar-refractivity contribution in [3.05, 3.63) is 51.9 Å². The lowest BCUT2D eigenvalue weighted by Crippen LogP contribution is -2.39. The molecule has 2 aromatic rings. The number of aliphatic carboxylic acids is 1. The number of azo groups is 1. The van der Waals surface area contributed by atoms with Crippen LogP contribution in [-0.2, 0) is 9.59 Å². The van der Waals surface area contributed by atoms with Gasteiger partial charge in [-0.2, -0.15) is 5.11 Å². The van der Waals surface area contributed by atoms with E-state index in [9.17, 15) is 14.4 Å². The van der Waals surface area contributed by atoms with Gasteiger partial charge in [-0.25, -0.2) is 4.79 Å². The van der Waals surface area contributed by atoms with Gasteiger partial charge in [-0.1, -0.05) is 30.3 Å². The molecule has 0 saturated heterocycles. The number of hydrogen-bond donors (Lipinski definition) is 2. The molecule has 9 heteroatoms. The lowest BCUT2D eigenvalue weighted by atomic mass is 10.0. The van der Waals surface area contributed by atoms with E-state index in [4.69, 9.17) is 16.7 Å². The first-order valence-corrected chi connectivity index (χ1v) is 8.89. The summed E-state index contributed by atoms with van der Waals surface area (Å²) >= 11 is 6.59. The number of carbonyl (C=O) groups is 3. The maximum Gasteiger partial charge on any atom is 0.351 e. The van der Waals surface area contributed by atoms with Gasteiger partial charge in [0.1, 0.15) is 10.9 Å². The van der Waals surface area contributed by atoms with E-state index in [0.29, 0.717) is 16.1 Å². The molecule has 26 heavy (non-hydrogen) atoms. The first kappa shape index (κ1) is 19.7. The van der Waals surface area contributed by atoms with Gasteiger partial charge in [0, 0.05) is 10.4 Å². The number of carbonyl (C=O) groups excluding carboxylic acids is 2. The number of carboxylic acid groups (broad SMARTS) is 1. The molecule has 1 aromatic carbocycles. The van der Waals surface area contributed by atoms with E-state index in [1.54, 1.807) is 37.3 Å². The molecule has 2 rings (SSSR count). The number of halogens is 1. The maximum atomic E-state index is 12.8. The number of rotatable bonds is 7. The number of nitrogens with one attached hydrogen (secondary N) is 1. The molecule has 0 fully saturated rings. The summed E-state index contributed by atoms with van der Waals surface area (Å²) in [5.41, 5.74) is 1.62. The molecule has 1 aromatic heterocycles. The van der Waals surface area contributed by atoms with E-state index in [2.05, 4.69) is 15.5 Å². The number of benzene rings is 1. The Hall–Kier alpha value is -2.58. The van der Waals surface area contributed by atoms with E-state index in [-0.39, 0.29) is 5.78 Å². The van der Waals surface area contributed by atoms with Crippen molar-refractivity contribution in [2.75, 3.05) is 5.88 Å². The van der Waals surface area contributed by atoms with Crippen molar-refractivity contribution in [2.24, 2.45) is 10.2 Å². The van der Waals surface area contributed by atoms with Crippen LogP contribution in [0.5, 0.6) is 0 Å². The van der Waals surface area contributed by atoms with Crippen molar-refractivity contribution in [3.63, 3.8) is 0 Å². The lowest BCUT2D eigenvalue weighted by Gasteiger charge is -2.07. The zero-order valence-corrected chi connectivity index (χ0v) is 15.6. The Morgan fingerprint density at radius 2 is 1.88 bits per heavy atom. The van der Waals surface area contributed by atoms with Crippen LogP contribution in [0, 0.1) is 13.8 Å². The molecule has 0 bridgehead atoms. The second-order valence-corrected chi connectivity index (χ2v) is 6.79. The van der Waals surface area contributed by atoms with Crippen LogP contribution in [0.1, 0.15) is 26.4 Å². The monoisotopic (exact) mass is 393 g/mol. The molecular formula is C17H16ClN3O4S. The van der Waals surface area contributed by atoms with E-state index in [1.165, 1.54) is 11.3 Å². The number of alkyl halides is 1. The molecule has 0 spiro atoms. The third kappa shape index (κ3) is 4.53. The lowest BCUT2D eigenvalue weighted by molar-refractivity contribution is -0.141. The molecule has 1 heterocycles. The van der Waals surface area contributed by atoms with E-state index >= 15 is 0 Å². The first-order chi connectivity index (χ1) is 12.3.